The fourth-order valence-electron chi connectivity index (χ4n) is 11.7. The summed E-state index contributed by atoms with van der Waals surface area (Å²) in [5, 5.41) is 15.5. The normalized spacial score (nSPS) is 13.9. The highest BCUT2D eigenvalue weighted by Gasteiger charge is 2.34. The average Bonchev–Trinajstić information content (AvgIpc) is 0.814. The van der Waals surface area contributed by atoms with Crippen molar-refractivity contribution in [3.8, 4) is 109 Å². The van der Waals surface area contributed by atoms with E-state index in [2.05, 4.69) is 62.1 Å². The van der Waals surface area contributed by atoms with Gasteiger partial charge in [0.15, 0.2) is 0 Å². The molecule has 1 aliphatic carbocycles. The summed E-state index contributed by atoms with van der Waals surface area (Å²) in [6.07, 6.45) is 47.4. The van der Waals surface area contributed by atoms with E-state index in [0.29, 0.717) is 200 Å². The monoisotopic (exact) mass is 1470 g/mol. The largest absolute Gasteiger partial charge is 0.493 e. The fraction of sp³-hybridized carbons (Fsp3) is 0.586. The Hall–Kier alpha value is -9.76. The molecule has 0 bridgehead atoms. The van der Waals surface area contributed by atoms with Crippen LogP contribution < -0.4 is 55.0 Å². The number of terminal acetylenes is 6. The molecule has 0 aliphatic heterocycles. The minimum Gasteiger partial charge on any atom is -0.493 e. The van der Waals surface area contributed by atoms with Gasteiger partial charge in [0.2, 0.25) is 0 Å². The molecule has 582 valence electrons. The van der Waals surface area contributed by atoms with Gasteiger partial charge in [-0.15, -0.1) is 74.1 Å². The summed E-state index contributed by atoms with van der Waals surface area (Å²) in [6, 6.07) is 8.17. The molecule has 3 aromatic rings. The van der Waals surface area contributed by atoms with E-state index in [1.54, 1.807) is 77.9 Å². The van der Waals surface area contributed by atoms with Crippen LogP contribution in [0, 0.1) is 74.1 Å². The van der Waals surface area contributed by atoms with E-state index in [0.717, 1.165) is 12.0 Å². The minimum atomic E-state index is -0.691. The number of unbranched alkanes of at least 4 members (excludes halogenated alkanes) is 12. The molecule has 1 saturated carbocycles. The summed E-state index contributed by atoms with van der Waals surface area (Å²) in [4.78, 5) is 83.8. The molecule has 0 heterocycles. The van der Waals surface area contributed by atoms with Crippen molar-refractivity contribution in [1.82, 2.24) is 26.6 Å². The summed E-state index contributed by atoms with van der Waals surface area (Å²) in [6.45, 7) is 18.5. The van der Waals surface area contributed by atoms with E-state index in [4.69, 9.17) is 81.2 Å². The maximum atomic E-state index is 15.2. The Balaban J connectivity index is 1.89. The lowest BCUT2D eigenvalue weighted by atomic mass is 9.86. The second kappa shape index (κ2) is 49.2. The van der Waals surface area contributed by atoms with Crippen LogP contribution in [-0.2, 0) is 38.3 Å². The number of carbonyl (C=O) groups excluding carboxylic acids is 6. The third-order valence-electron chi connectivity index (χ3n) is 16.6. The van der Waals surface area contributed by atoms with Crippen molar-refractivity contribution in [3.63, 3.8) is 0 Å². The number of nitrogens with one attached hydrogen (secondary N) is 5. The van der Waals surface area contributed by atoms with Crippen molar-refractivity contribution < 1.29 is 71.4 Å². The second-order valence-corrected chi connectivity index (χ2v) is 29.6. The quantitative estimate of drug-likeness (QED) is 0.0153. The van der Waals surface area contributed by atoms with Gasteiger partial charge >= 0.3 is 18.2 Å². The number of amides is 5. The number of ether oxygens (including phenoxy) is 9. The van der Waals surface area contributed by atoms with E-state index in [9.17, 15) is 14.4 Å². The predicted molar refractivity (Wildman–Crippen MR) is 420 cm³/mol. The number of esters is 1. The van der Waals surface area contributed by atoms with Crippen molar-refractivity contribution in [2.45, 2.75) is 277 Å². The van der Waals surface area contributed by atoms with Gasteiger partial charge in [-0.05, 0) is 234 Å². The Morgan fingerprint density at radius 1 is 0.346 bits per heavy atom. The van der Waals surface area contributed by atoms with Crippen LogP contribution in [0.4, 0.5) is 9.59 Å². The summed E-state index contributed by atoms with van der Waals surface area (Å²) in [7, 11) is 0. The summed E-state index contributed by atoms with van der Waals surface area (Å²) in [5.41, 5.74) is 0.813. The first-order valence-electron chi connectivity index (χ1n) is 38.2. The van der Waals surface area contributed by atoms with Gasteiger partial charge in [0.1, 0.15) is 51.3 Å². The Morgan fingerprint density at radius 2 is 0.598 bits per heavy atom. The number of rotatable bonds is 48. The molecule has 3 aromatic carbocycles. The van der Waals surface area contributed by atoms with Crippen molar-refractivity contribution in [1.29, 1.82) is 0 Å². The van der Waals surface area contributed by atoms with Crippen LogP contribution in [0.1, 0.15) is 271 Å². The molecule has 0 radical (unpaired) electrons. The molecule has 1 unspecified atom stereocenters. The van der Waals surface area contributed by atoms with Crippen LogP contribution in [0.15, 0.2) is 36.4 Å². The maximum Gasteiger partial charge on any atom is 0.407 e. The Bertz CT molecular complexity index is 3320. The molecule has 3 atom stereocenters. The van der Waals surface area contributed by atoms with Crippen LogP contribution in [0.5, 0.6) is 34.5 Å². The predicted octanol–water partition coefficient (Wildman–Crippen LogP) is 15.2. The van der Waals surface area contributed by atoms with Gasteiger partial charge in [0.25, 0.3) is 17.7 Å². The molecular formula is C87H119N5O15. The lowest BCUT2D eigenvalue weighted by Crippen LogP contribution is -2.53. The third-order valence-corrected chi connectivity index (χ3v) is 16.6. The Morgan fingerprint density at radius 3 is 0.860 bits per heavy atom. The van der Waals surface area contributed by atoms with Crippen LogP contribution in [-0.4, -0.2) is 124 Å². The van der Waals surface area contributed by atoms with E-state index in [-0.39, 0.29) is 94.5 Å². The number of alkyl carbamates (subject to hydrolysis) is 2. The molecule has 1 fully saturated rings. The standard InChI is InChI=1S/C87H119N5O15/c1-16-22-28-36-50-100-74-56-64(55-73(99-49-35-27-21-6)70(74)43-33-34-46-79(93)105-85(7,8)9)80(94)90-67-61-68(91-81(95)65-57-75(101-51-37-29-23-17-2)71(76(58-65)102-52-38-30-24-18-3)44-41-47-88-83(97)106-86(10,11)12)63-69(62-67)92-82(96)66-59-77(103-53-39-31-25-19-4)72(78(60-66)104-54-40-32-26-20-5)45-42-48-89-84(98)107-87(13,14)15/h1-6,55-60,67-69H,22-54,61-63H2,7-15H3,(H,88,97)(H,89,98)(H,90,94)(H,91,95)(H,92,96)/t67?,68-,69+. The van der Waals surface area contributed by atoms with E-state index >= 15 is 14.4 Å². The smallest absolute Gasteiger partial charge is 0.407 e. The highest BCUT2D eigenvalue weighted by molar-refractivity contribution is 5.97. The first-order valence-corrected chi connectivity index (χ1v) is 38.2. The molecule has 0 saturated heterocycles. The molecule has 4 rings (SSSR count). The minimum absolute atomic E-state index is 0.206. The number of carbonyl (C=O) groups is 6. The van der Waals surface area contributed by atoms with Gasteiger partial charge in [-0.3, -0.25) is 19.2 Å². The van der Waals surface area contributed by atoms with Crippen molar-refractivity contribution in [3.05, 3.63) is 69.8 Å². The number of benzene rings is 3. The summed E-state index contributed by atoms with van der Waals surface area (Å²) >= 11 is 0. The zero-order chi connectivity index (χ0) is 78.5. The van der Waals surface area contributed by atoms with Crippen LogP contribution in [0.25, 0.3) is 0 Å². The van der Waals surface area contributed by atoms with Crippen LogP contribution >= 0.6 is 0 Å². The highest BCUT2D eigenvalue weighted by atomic mass is 16.6. The molecule has 5 N–H and O–H groups in total. The number of hydrogen-bond acceptors (Lipinski definition) is 15. The molecule has 20 heteroatoms. The Kier molecular flexibility index (Phi) is 41.2. The van der Waals surface area contributed by atoms with E-state index in [1.165, 1.54) is 0 Å². The average molecular weight is 1470 g/mol. The number of hydrogen-bond donors (Lipinski definition) is 5. The van der Waals surface area contributed by atoms with Gasteiger partial charge in [-0.25, -0.2) is 9.59 Å². The SMILES string of the molecule is C#CCCCCOc1cc(C(=O)NC2C[C@@H](NC(=O)c3cc(OCCCCC#C)c(CCCNC(=O)OC(C)(C)C)c(OCCCCC#C)c3)C[C@@H](NC(=O)c3cc(OCCCCC#C)c(CCCNC(=O)OC(C)(C)C)c(OCCCCC#C)c3)C2)cc(OCCCC#C)c1CCCCC(=O)OC(C)(C)C. The Labute approximate surface area is 638 Å². The van der Waals surface area contributed by atoms with Crippen LogP contribution in [0.3, 0.4) is 0 Å². The molecule has 107 heavy (non-hydrogen) atoms. The zero-order valence-electron chi connectivity index (χ0n) is 65.2. The van der Waals surface area contributed by atoms with E-state index < -0.39 is 64.8 Å². The lowest BCUT2D eigenvalue weighted by Gasteiger charge is -2.36. The fourth-order valence-corrected chi connectivity index (χ4v) is 11.7. The molecular weight excluding hydrogens is 1350 g/mol. The third kappa shape index (κ3) is 37.4. The lowest BCUT2D eigenvalue weighted by molar-refractivity contribution is -0.154. The maximum absolute atomic E-state index is 15.2. The van der Waals surface area contributed by atoms with Crippen LogP contribution in [0.2, 0.25) is 0 Å². The summed E-state index contributed by atoms with van der Waals surface area (Å²) in [5.74, 6) is 16.9. The van der Waals surface area contributed by atoms with Gasteiger partial charge in [-0.2, -0.15) is 0 Å². The van der Waals surface area contributed by atoms with Gasteiger partial charge < -0.3 is 69.2 Å². The highest BCUT2D eigenvalue weighted by Crippen LogP contribution is 2.37. The van der Waals surface area contributed by atoms with Crippen molar-refractivity contribution in [2.75, 3.05) is 52.7 Å². The van der Waals surface area contributed by atoms with Gasteiger partial charge in [-0.1, -0.05) is 0 Å². The molecule has 0 spiro atoms. The van der Waals surface area contributed by atoms with Crippen molar-refractivity contribution >= 4 is 35.9 Å². The first kappa shape index (κ1) is 89.6. The van der Waals surface area contributed by atoms with E-state index in [1.807, 2.05) is 20.8 Å². The molecule has 20 nitrogen and oxygen atoms in total. The van der Waals surface area contributed by atoms with Gasteiger partial charge in [0.05, 0.1) is 39.6 Å². The van der Waals surface area contributed by atoms with Gasteiger partial charge in [0, 0.05) is 110 Å². The summed E-state index contributed by atoms with van der Waals surface area (Å²) < 4.78 is 55.7. The second-order valence-electron chi connectivity index (χ2n) is 29.6. The topological polar surface area (TPSA) is 246 Å². The molecule has 0 aromatic heterocycles. The first-order chi connectivity index (χ1) is 51.2. The van der Waals surface area contributed by atoms with Crippen molar-refractivity contribution in [2.24, 2.45) is 0 Å². The zero-order valence-corrected chi connectivity index (χ0v) is 65.2. The molecule has 1 aliphatic rings. The molecule has 5 amide bonds.